The largest absolute Gasteiger partial charge is 0.496 e. The van der Waals surface area contributed by atoms with Crippen molar-refractivity contribution in [1.82, 2.24) is 4.98 Å². The quantitative estimate of drug-likeness (QED) is 0.698. The van der Waals surface area contributed by atoms with E-state index in [0.29, 0.717) is 34.3 Å². The van der Waals surface area contributed by atoms with Crippen molar-refractivity contribution >= 4 is 17.5 Å². The molecule has 7 heteroatoms. The molecule has 0 aliphatic carbocycles. The second-order valence-corrected chi connectivity index (χ2v) is 5.86. The summed E-state index contributed by atoms with van der Waals surface area (Å²) in [5, 5.41) is 2.69. The lowest BCUT2D eigenvalue weighted by atomic mass is 10.1. The SMILES string of the molecule is COc1ccccc1-c1nc(CC(=O)Nc2ccccc2C(N)=O)c(C)o1. The smallest absolute Gasteiger partial charge is 0.250 e. The maximum Gasteiger partial charge on any atom is 0.250 e. The molecule has 0 atom stereocenters. The number of nitrogens with one attached hydrogen (secondary N) is 1. The summed E-state index contributed by atoms with van der Waals surface area (Å²) in [6.07, 6.45) is -0.00240. The highest BCUT2D eigenvalue weighted by Crippen LogP contribution is 2.30. The Kier molecular flexibility index (Phi) is 5.21. The van der Waals surface area contributed by atoms with Crippen molar-refractivity contribution < 1.29 is 18.7 Å². The van der Waals surface area contributed by atoms with Gasteiger partial charge in [0.15, 0.2) is 0 Å². The number of hydrogen-bond donors (Lipinski definition) is 2. The number of nitrogens with two attached hydrogens (primary N) is 1. The molecule has 0 aliphatic heterocycles. The van der Waals surface area contributed by atoms with Gasteiger partial charge in [0.05, 0.1) is 36.0 Å². The molecule has 2 amide bonds. The van der Waals surface area contributed by atoms with Gasteiger partial charge in [0.2, 0.25) is 11.8 Å². The number of methoxy groups -OCH3 is 1. The molecule has 0 saturated carbocycles. The molecule has 27 heavy (non-hydrogen) atoms. The molecule has 138 valence electrons. The van der Waals surface area contributed by atoms with Gasteiger partial charge in [0.1, 0.15) is 11.5 Å². The molecule has 0 bridgehead atoms. The van der Waals surface area contributed by atoms with Crippen molar-refractivity contribution in [3.63, 3.8) is 0 Å². The monoisotopic (exact) mass is 365 g/mol. The van der Waals surface area contributed by atoms with Crippen LogP contribution in [0.5, 0.6) is 5.75 Å². The van der Waals surface area contributed by atoms with Crippen LogP contribution in [0.1, 0.15) is 21.8 Å². The fourth-order valence-electron chi connectivity index (χ4n) is 2.68. The number of aryl methyl sites for hydroxylation is 1. The third-order valence-corrected chi connectivity index (χ3v) is 4.02. The van der Waals surface area contributed by atoms with Crippen molar-refractivity contribution in [2.45, 2.75) is 13.3 Å². The van der Waals surface area contributed by atoms with E-state index in [1.165, 1.54) is 0 Å². The van der Waals surface area contributed by atoms with E-state index in [9.17, 15) is 9.59 Å². The summed E-state index contributed by atoms with van der Waals surface area (Å²) in [4.78, 5) is 28.3. The van der Waals surface area contributed by atoms with Crippen LogP contribution in [0, 0.1) is 6.92 Å². The van der Waals surface area contributed by atoms with Crippen LogP contribution < -0.4 is 15.8 Å². The first-order valence-electron chi connectivity index (χ1n) is 8.28. The molecule has 2 aromatic carbocycles. The lowest BCUT2D eigenvalue weighted by molar-refractivity contribution is -0.115. The summed E-state index contributed by atoms with van der Waals surface area (Å²) in [5.41, 5.74) is 7.15. The van der Waals surface area contributed by atoms with Gasteiger partial charge in [0.25, 0.3) is 5.91 Å². The number of ether oxygens (including phenoxy) is 1. The molecule has 7 nitrogen and oxygen atoms in total. The Bertz CT molecular complexity index is 994. The van der Waals surface area contributed by atoms with E-state index in [-0.39, 0.29) is 17.9 Å². The molecular weight excluding hydrogens is 346 g/mol. The Morgan fingerprint density at radius 1 is 1.15 bits per heavy atom. The highest BCUT2D eigenvalue weighted by atomic mass is 16.5. The standard InChI is InChI=1S/C20H19N3O4/c1-12-16(23-20(27-12)14-8-4-6-10-17(14)26-2)11-18(24)22-15-9-5-3-7-13(15)19(21)25/h3-10H,11H2,1-2H3,(H2,21,25)(H,22,24). The zero-order chi connectivity index (χ0) is 19.4. The lowest BCUT2D eigenvalue weighted by Crippen LogP contribution is -2.19. The number of primary amides is 1. The molecule has 0 radical (unpaired) electrons. The summed E-state index contributed by atoms with van der Waals surface area (Å²) in [7, 11) is 1.57. The normalized spacial score (nSPS) is 10.4. The lowest BCUT2D eigenvalue weighted by Gasteiger charge is -2.08. The highest BCUT2D eigenvalue weighted by molar-refractivity contribution is 6.03. The summed E-state index contributed by atoms with van der Waals surface area (Å²) in [6, 6.07) is 13.9. The van der Waals surface area contributed by atoms with Crippen LogP contribution in [0.2, 0.25) is 0 Å². The van der Waals surface area contributed by atoms with E-state index in [0.717, 1.165) is 0 Å². The Hall–Kier alpha value is -3.61. The van der Waals surface area contributed by atoms with Crippen LogP contribution in [-0.2, 0) is 11.2 Å². The number of carbonyl (C=O) groups is 2. The zero-order valence-corrected chi connectivity index (χ0v) is 15.0. The molecule has 1 aromatic heterocycles. The Morgan fingerprint density at radius 2 is 1.85 bits per heavy atom. The zero-order valence-electron chi connectivity index (χ0n) is 15.0. The predicted octanol–water partition coefficient (Wildman–Crippen LogP) is 2.94. The van der Waals surface area contributed by atoms with Crippen LogP contribution in [0.3, 0.4) is 0 Å². The van der Waals surface area contributed by atoms with Crippen molar-refractivity contribution in [1.29, 1.82) is 0 Å². The number of rotatable bonds is 6. The number of amides is 2. The molecule has 0 aliphatic rings. The van der Waals surface area contributed by atoms with Gasteiger partial charge in [0, 0.05) is 0 Å². The molecule has 3 aromatic rings. The number of para-hydroxylation sites is 2. The minimum atomic E-state index is -0.609. The first-order chi connectivity index (χ1) is 13.0. The molecule has 0 fully saturated rings. The van der Waals surface area contributed by atoms with Crippen molar-refractivity contribution in [3.8, 4) is 17.2 Å². The topological polar surface area (TPSA) is 107 Å². The number of carbonyl (C=O) groups excluding carboxylic acids is 2. The minimum Gasteiger partial charge on any atom is -0.496 e. The van der Waals surface area contributed by atoms with Crippen molar-refractivity contribution in [3.05, 3.63) is 65.5 Å². The van der Waals surface area contributed by atoms with Crippen LogP contribution >= 0.6 is 0 Å². The predicted molar refractivity (Wildman–Crippen MR) is 101 cm³/mol. The Balaban J connectivity index is 1.80. The fraction of sp³-hybridized carbons (Fsp3) is 0.150. The van der Waals surface area contributed by atoms with E-state index in [1.807, 2.05) is 24.3 Å². The van der Waals surface area contributed by atoms with Crippen LogP contribution in [0.15, 0.2) is 52.9 Å². The van der Waals surface area contributed by atoms with Gasteiger partial charge < -0.3 is 20.2 Å². The summed E-state index contributed by atoms with van der Waals surface area (Å²) >= 11 is 0. The van der Waals surface area contributed by atoms with Gasteiger partial charge in [-0.25, -0.2) is 4.98 Å². The van der Waals surface area contributed by atoms with E-state index >= 15 is 0 Å². The van der Waals surface area contributed by atoms with Crippen LogP contribution in [-0.4, -0.2) is 23.9 Å². The van der Waals surface area contributed by atoms with Crippen molar-refractivity contribution in [2.24, 2.45) is 5.73 Å². The third kappa shape index (κ3) is 3.98. The van der Waals surface area contributed by atoms with Gasteiger partial charge in [-0.2, -0.15) is 0 Å². The maximum atomic E-state index is 12.4. The van der Waals surface area contributed by atoms with E-state index in [1.54, 1.807) is 38.3 Å². The van der Waals surface area contributed by atoms with E-state index in [4.69, 9.17) is 14.9 Å². The number of oxazole rings is 1. The van der Waals surface area contributed by atoms with Crippen LogP contribution in [0.4, 0.5) is 5.69 Å². The van der Waals surface area contributed by atoms with E-state index in [2.05, 4.69) is 10.3 Å². The number of aromatic nitrogens is 1. The summed E-state index contributed by atoms with van der Waals surface area (Å²) in [5.74, 6) is 0.610. The number of hydrogen-bond acceptors (Lipinski definition) is 5. The van der Waals surface area contributed by atoms with Gasteiger partial charge in [-0.3, -0.25) is 9.59 Å². The molecule has 0 spiro atoms. The summed E-state index contributed by atoms with van der Waals surface area (Å²) < 4.78 is 11.0. The highest BCUT2D eigenvalue weighted by Gasteiger charge is 2.18. The number of benzene rings is 2. The fourth-order valence-corrected chi connectivity index (χ4v) is 2.68. The van der Waals surface area contributed by atoms with Gasteiger partial charge in [-0.05, 0) is 31.2 Å². The van der Waals surface area contributed by atoms with Gasteiger partial charge >= 0.3 is 0 Å². The third-order valence-electron chi connectivity index (χ3n) is 4.02. The van der Waals surface area contributed by atoms with Crippen molar-refractivity contribution in [2.75, 3.05) is 12.4 Å². The average molecular weight is 365 g/mol. The average Bonchev–Trinajstić information content (AvgIpc) is 3.02. The van der Waals surface area contributed by atoms with Gasteiger partial charge in [-0.15, -0.1) is 0 Å². The molecule has 0 saturated heterocycles. The number of nitrogens with zero attached hydrogens (tertiary/aromatic N) is 1. The molecule has 0 unspecified atom stereocenters. The minimum absolute atomic E-state index is 0.00240. The summed E-state index contributed by atoms with van der Waals surface area (Å²) in [6.45, 7) is 1.74. The molecule has 1 heterocycles. The molecule has 3 N–H and O–H groups in total. The molecular formula is C20H19N3O4. The Morgan fingerprint density at radius 3 is 2.59 bits per heavy atom. The first kappa shape index (κ1) is 18.2. The second-order valence-electron chi connectivity index (χ2n) is 5.86. The number of anilines is 1. The second kappa shape index (κ2) is 7.74. The van der Waals surface area contributed by atoms with E-state index < -0.39 is 5.91 Å². The van der Waals surface area contributed by atoms with Gasteiger partial charge in [-0.1, -0.05) is 24.3 Å². The van der Waals surface area contributed by atoms with Crippen LogP contribution in [0.25, 0.3) is 11.5 Å². The maximum absolute atomic E-state index is 12.4. The first-order valence-corrected chi connectivity index (χ1v) is 8.28. The Labute approximate surface area is 156 Å². The molecule has 3 rings (SSSR count).